The lowest BCUT2D eigenvalue weighted by atomic mass is 10.2. The lowest BCUT2D eigenvalue weighted by molar-refractivity contribution is -0.136. The van der Waals surface area contributed by atoms with Crippen molar-refractivity contribution in [2.75, 3.05) is 0 Å². The number of carboxylic acids is 1. The molecule has 2 rings (SSSR count). The first-order valence-electron chi connectivity index (χ1n) is 5.67. The molecule has 1 aromatic heterocycles. The van der Waals surface area contributed by atoms with Gasteiger partial charge in [0, 0.05) is 16.7 Å². The number of aliphatic carboxylic acids is 1. The van der Waals surface area contributed by atoms with Crippen LogP contribution in [0.3, 0.4) is 0 Å². The Kier molecular flexibility index (Phi) is 4.93. The van der Waals surface area contributed by atoms with Crippen LogP contribution in [0.4, 0.5) is 4.39 Å². The maximum atomic E-state index is 13.0. The van der Waals surface area contributed by atoms with Crippen LogP contribution in [0.2, 0.25) is 0 Å². The highest BCUT2D eigenvalue weighted by atomic mass is 32.2. The third-order valence-electron chi connectivity index (χ3n) is 2.35. The molecular formula is C13H12FNO2S2. The number of halogens is 1. The number of hydrogen-bond donors (Lipinski definition) is 1. The number of benzene rings is 1. The van der Waals surface area contributed by atoms with Gasteiger partial charge in [0.2, 0.25) is 0 Å². The fourth-order valence-electron chi connectivity index (χ4n) is 1.47. The van der Waals surface area contributed by atoms with Crippen LogP contribution in [0.15, 0.2) is 34.5 Å². The summed E-state index contributed by atoms with van der Waals surface area (Å²) in [5.41, 5.74) is 0.808. The molecule has 0 unspecified atom stereocenters. The molecule has 1 N–H and O–H groups in total. The van der Waals surface area contributed by atoms with Crippen LogP contribution in [-0.2, 0) is 17.0 Å². The van der Waals surface area contributed by atoms with Gasteiger partial charge in [-0.15, -0.1) is 23.1 Å². The van der Waals surface area contributed by atoms with Gasteiger partial charge in [0.05, 0.1) is 17.9 Å². The van der Waals surface area contributed by atoms with Gasteiger partial charge in [-0.1, -0.05) is 6.07 Å². The van der Waals surface area contributed by atoms with Crippen molar-refractivity contribution in [1.82, 2.24) is 4.98 Å². The predicted molar refractivity (Wildman–Crippen MR) is 74.0 cm³/mol. The van der Waals surface area contributed by atoms with Crippen LogP contribution in [-0.4, -0.2) is 16.1 Å². The average Bonchev–Trinajstić information content (AvgIpc) is 2.82. The van der Waals surface area contributed by atoms with E-state index in [9.17, 15) is 9.18 Å². The molecule has 0 spiro atoms. The van der Waals surface area contributed by atoms with Crippen molar-refractivity contribution >= 4 is 29.1 Å². The summed E-state index contributed by atoms with van der Waals surface area (Å²) < 4.78 is 13.0. The average molecular weight is 297 g/mol. The Morgan fingerprint density at radius 2 is 2.32 bits per heavy atom. The maximum absolute atomic E-state index is 13.0. The predicted octanol–water partition coefficient (Wildman–Crippen LogP) is 3.59. The Hall–Kier alpha value is -1.40. The summed E-state index contributed by atoms with van der Waals surface area (Å²) in [5.74, 6) is -0.392. The summed E-state index contributed by atoms with van der Waals surface area (Å²) in [6, 6.07) is 6.44. The molecule has 1 aromatic carbocycles. The number of carbonyl (C=O) groups is 1. The van der Waals surface area contributed by atoms with E-state index >= 15 is 0 Å². The summed E-state index contributed by atoms with van der Waals surface area (Å²) in [7, 11) is 0. The summed E-state index contributed by atoms with van der Waals surface area (Å²) in [6.45, 7) is 0. The fourth-order valence-corrected chi connectivity index (χ4v) is 3.25. The van der Waals surface area contributed by atoms with E-state index in [0.717, 1.165) is 15.6 Å². The van der Waals surface area contributed by atoms with Crippen molar-refractivity contribution in [3.8, 4) is 0 Å². The summed E-state index contributed by atoms with van der Waals surface area (Å²) in [6.07, 6.45) is 0.552. The minimum absolute atomic E-state index is 0.0974. The highest BCUT2D eigenvalue weighted by Gasteiger charge is 2.05. The summed E-state index contributed by atoms with van der Waals surface area (Å²) >= 11 is 3.02. The van der Waals surface area contributed by atoms with Crippen molar-refractivity contribution in [2.45, 2.75) is 23.5 Å². The van der Waals surface area contributed by atoms with E-state index in [1.807, 2.05) is 11.4 Å². The smallest absolute Gasteiger partial charge is 0.303 e. The first-order chi connectivity index (χ1) is 9.13. The van der Waals surface area contributed by atoms with Gasteiger partial charge < -0.3 is 5.11 Å². The molecule has 0 amide bonds. The van der Waals surface area contributed by atoms with Gasteiger partial charge in [-0.3, -0.25) is 4.79 Å². The molecule has 2 aromatic rings. The minimum Gasteiger partial charge on any atom is -0.481 e. The van der Waals surface area contributed by atoms with Gasteiger partial charge in [-0.25, -0.2) is 9.37 Å². The van der Waals surface area contributed by atoms with Crippen LogP contribution >= 0.6 is 23.1 Å². The van der Waals surface area contributed by atoms with Gasteiger partial charge in [0.1, 0.15) is 10.8 Å². The third kappa shape index (κ3) is 4.65. The number of aryl methyl sites for hydroxylation is 1. The highest BCUT2D eigenvalue weighted by Crippen LogP contribution is 2.25. The lowest BCUT2D eigenvalue weighted by Gasteiger charge is -1.98. The van der Waals surface area contributed by atoms with Crippen molar-refractivity contribution in [2.24, 2.45) is 0 Å². The molecule has 0 saturated carbocycles. The van der Waals surface area contributed by atoms with Gasteiger partial charge in [-0.2, -0.15) is 0 Å². The number of nitrogens with zero attached hydrogens (tertiary/aromatic N) is 1. The molecule has 0 fully saturated rings. The zero-order valence-electron chi connectivity index (χ0n) is 10.0. The number of thioether (sulfide) groups is 1. The molecule has 19 heavy (non-hydrogen) atoms. The number of carboxylic acid groups (broad SMARTS) is 1. The second kappa shape index (κ2) is 6.68. The number of rotatable bonds is 6. The molecule has 0 aliphatic heterocycles. The van der Waals surface area contributed by atoms with Gasteiger partial charge in [0.15, 0.2) is 0 Å². The quantitative estimate of drug-likeness (QED) is 0.828. The molecule has 0 aliphatic carbocycles. The molecule has 0 radical (unpaired) electrons. The van der Waals surface area contributed by atoms with Crippen LogP contribution in [0, 0.1) is 5.82 Å². The van der Waals surface area contributed by atoms with Crippen molar-refractivity contribution in [3.63, 3.8) is 0 Å². The molecule has 0 aliphatic rings. The Morgan fingerprint density at radius 1 is 1.47 bits per heavy atom. The molecule has 0 atom stereocenters. The van der Waals surface area contributed by atoms with Crippen molar-refractivity contribution < 1.29 is 14.3 Å². The van der Waals surface area contributed by atoms with Crippen LogP contribution in [0.25, 0.3) is 0 Å². The largest absolute Gasteiger partial charge is 0.481 e. The van der Waals surface area contributed by atoms with E-state index < -0.39 is 5.97 Å². The van der Waals surface area contributed by atoms with Gasteiger partial charge in [0.25, 0.3) is 0 Å². The first-order valence-corrected chi connectivity index (χ1v) is 7.53. The summed E-state index contributed by atoms with van der Waals surface area (Å²) in [5, 5.41) is 11.4. The number of hydrogen-bond acceptors (Lipinski definition) is 4. The molecule has 6 heteroatoms. The zero-order chi connectivity index (χ0) is 13.7. The topological polar surface area (TPSA) is 50.2 Å². The van der Waals surface area contributed by atoms with E-state index in [1.54, 1.807) is 6.07 Å². The Morgan fingerprint density at radius 3 is 3.05 bits per heavy atom. The van der Waals surface area contributed by atoms with E-state index in [1.165, 1.54) is 35.2 Å². The third-order valence-corrected chi connectivity index (χ3v) is 4.44. The fraction of sp³-hybridized carbons (Fsp3) is 0.231. The second-order valence-electron chi connectivity index (χ2n) is 3.87. The van der Waals surface area contributed by atoms with Crippen LogP contribution in [0.5, 0.6) is 0 Å². The minimum atomic E-state index is -0.816. The highest BCUT2D eigenvalue weighted by molar-refractivity contribution is 7.98. The molecule has 1 heterocycles. The van der Waals surface area contributed by atoms with E-state index in [-0.39, 0.29) is 12.2 Å². The van der Waals surface area contributed by atoms with E-state index in [2.05, 4.69) is 4.98 Å². The molecule has 0 saturated heterocycles. The maximum Gasteiger partial charge on any atom is 0.303 e. The van der Waals surface area contributed by atoms with E-state index in [4.69, 9.17) is 5.11 Å². The van der Waals surface area contributed by atoms with E-state index in [0.29, 0.717) is 12.2 Å². The lowest BCUT2D eigenvalue weighted by Crippen LogP contribution is -1.97. The molecular weight excluding hydrogens is 285 g/mol. The van der Waals surface area contributed by atoms with Crippen molar-refractivity contribution in [1.29, 1.82) is 0 Å². The monoisotopic (exact) mass is 297 g/mol. The molecule has 0 bridgehead atoms. The van der Waals surface area contributed by atoms with Crippen LogP contribution in [0.1, 0.15) is 17.1 Å². The SMILES string of the molecule is O=C(O)CCc1csc(CSc2cccc(F)c2)n1. The number of thiazole rings is 1. The first kappa shape index (κ1) is 14.0. The Labute approximate surface area is 118 Å². The van der Waals surface area contributed by atoms with Gasteiger partial charge in [-0.05, 0) is 18.2 Å². The Balaban J connectivity index is 1.88. The second-order valence-corrected chi connectivity index (χ2v) is 5.86. The normalized spacial score (nSPS) is 10.6. The van der Waals surface area contributed by atoms with Gasteiger partial charge >= 0.3 is 5.97 Å². The molecule has 100 valence electrons. The zero-order valence-corrected chi connectivity index (χ0v) is 11.6. The molecule has 3 nitrogen and oxygen atoms in total. The van der Waals surface area contributed by atoms with Crippen molar-refractivity contribution in [3.05, 3.63) is 46.2 Å². The van der Waals surface area contributed by atoms with Crippen LogP contribution < -0.4 is 0 Å². The standard InChI is InChI=1S/C13H12FNO2S2/c14-9-2-1-3-11(6-9)18-8-12-15-10(7-19-12)4-5-13(16)17/h1-3,6-7H,4-5,8H2,(H,16,17). The Bertz CT molecular complexity index is 571. The summed E-state index contributed by atoms with van der Waals surface area (Å²) in [4.78, 5) is 15.7. The number of aromatic nitrogens is 1.